The lowest BCUT2D eigenvalue weighted by Gasteiger charge is -2.33. The standard InChI is InChI=1S/C19H27ClN2O3/c1-2-10-25-18-7-6-14(11-15(18)20)19(24)22-12-16(17(23)13-22)21-8-4-3-5-9-21/h6-7,11,16-17,23H,2-5,8-10,12-13H2,1H3/t16-,17-/m0/s1. The van der Waals surface area contributed by atoms with Crippen LogP contribution in [0.5, 0.6) is 5.75 Å². The van der Waals surface area contributed by atoms with Gasteiger partial charge in [-0.05, 0) is 50.6 Å². The third-order valence-corrected chi connectivity index (χ3v) is 5.34. The van der Waals surface area contributed by atoms with E-state index in [-0.39, 0.29) is 11.9 Å². The van der Waals surface area contributed by atoms with Crippen LogP contribution in [0.3, 0.4) is 0 Å². The predicted octanol–water partition coefficient (Wildman–Crippen LogP) is 2.80. The van der Waals surface area contributed by atoms with E-state index in [0.717, 1.165) is 19.5 Å². The lowest BCUT2D eigenvalue weighted by Crippen LogP contribution is -2.46. The maximum atomic E-state index is 12.8. The molecule has 0 aliphatic carbocycles. The molecule has 1 amide bonds. The first kappa shape index (κ1) is 18.5. The van der Waals surface area contributed by atoms with Crippen molar-refractivity contribution in [1.82, 2.24) is 9.80 Å². The molecule has 0 unspecified atom stereocenters. The number of benzene rings is 1. The number of carbonyl (C=O) groups excluding carboxylic acids is 1. The number of likely N-dealkylation sites (tertiary alicyclic amines) is 2. The Morgan fingerprint density at radius 3 is 2.72 bits per heavy atom. The summed E-state index contributed by atoms with van der Waals surface area (Å²) < 4.78 is 5.56. The summed E-state index contributed by atoms with van der Waals surface area (Å²) >= 11 is 6.24. The highest BCUT2D eigenvalue weighted by Crippen LogP contribution is 2.28. The first-order valence-electron chi connectivity index (χ1n) is 9.24. The van der Waals surface area contributed by atoms with Gasteiger partial charge in [0.25, 0.3) is 5.91 Å². The third-order valence-electron chi connectivity index (χ3n) is 5.05. The van der Waals surface area contributed by atoms with Crippen LogP contribution < -0.4 is 4.74 Å². The number of aliphatic hydroxyl groups is 1. The summed E-state index contributed by atoms with van der Waals surface area (Å²) in [6.07, 6.45) is 4.02. The number of nitrogens with zero attached hydrogens (tertiary/aromatic N) is 2. The van der Waals surface area contributed by atoms with Gasteiger partial charge in [0, 0.05) is 18.7 Å². The number of ether oxygens (including phenoxy) is 1. The van der Waals surface area contributed by atoms with Gasteiger partial charge in [0.1, 0.15) is 5.75 Å². The van der Waals surface area contributed by atoms with E-state index in [0.29, 0.717) is 36.0 Å². The van der Waals surface area contributed by atoms with Gasteiger partial charge in [0.05, 0.1) is 23.8 Å². The summed E-state index contributed by atoms with van der Waals surface area (Å²) in [4.78, 5) is 16.9. The zero-order valence-corrected chi connectivity index (χ0v) is 15.5. The van der Waals surface area contributed by atoms with Gasteiger partial charge >= 0.3 is 0 Å². The molecule has 2 saturated heterocycles. The van der Waals surface area contributed by atoms with Crippen LogP contribution in [0, 0.1) is 0 Å². The molecule has 2 atom stereocenters. The van der Waals surface area contributed by atoms with Crippen LogP contribution in [0.25, 0.3) is 0 Å². The number of carbonyl (C=O) groups is 1. The highest BCUT2D eigenvalue weighted by atomic mass is 35.5. The molecule has 2 fully saturated rings. The van der Waals surface area contributed by atoms with E-state index in [1.165, 1.54) is 19.3 Å². The van der Waals surface area contributed by atoms with Gasteiger partial charge in [0.15, 0.2) is 0 Å². The van der Waals surface area contributed by atoms with Crippen LogP contribution in [0.1, 0.15) is 43.0 Å². The smallest absolute Gasteiger partial charge is 0.254 e. The Morgan fingerprint density at radius 1 is 1.28 bits per heavy atom. The monoisotopic (exact) mass is 366 g/mol. The Balaban J connectivity index is 1.65. The second kappa shape index (κ2) is 8.39. The average molecular weight is 367 g/mol. The van der Waals surface area contributed by atoms with Gasteiger partial charge in [0.2, 0.25) is 0 Å². The molecule has 0 saturated carbocycles. The molecule has 0 radical (unpaired) electrons. The summed E-state index contributed by atoms with van der Waals surface area (Å²) in [7, 11) is 0. The molecular weight excluding hydrogens is 340 g/mol. The quantitative estimate of drug-likeness (QED) is 0.870. The number of halogens is 1. The average Bonchev–Trinajstić information content (AvgIpc) is 3.02. The maximum absolute atomic E-state index is 12.8. The molecule has 0 aromatic heterocycles. The first-order valence-corrected chi connectivity index (χ1v) is 9.61. The van der Waals surface area contributed by atoms with Crippen LogP contribution in [0.4, 0.5) is 0 Å². The van der Waals surface area contributed by atoms with E-state index < -0.39 is 6.10 Å². The molecule has 25 heavy (non-hydrogen) atoms. The van der Waals surface area contributed by atoms with Crippen molar-refractivity contribution in [2.75, 3.05) is 32.8 Å². The summed E-state index contributed by atoms with van der Waals surface area (Å²) in [6, 6.07) is 5.21. The molecule has 1 aromatic carbocycles. The molecule has 2 aliphatic heterocycles. The summed E-state index contributed by atoms with van der Waals surface area (Å²) in [6.45, 7) is 5.61. The maximum Gasteiger partial charge on any atom is 0.254 e. The summed E-state index contributed by atoms with van der Waals surface area (Å²) in [5, 5.41) is 10.9. The van der Waals surface area contributed by atoms with Crippen LogP contribution >= 0.6 is 11.6 Å². The predicted molar refractivity (Wildman–Crippen MR) is 98.4 cm³/mol. The number of amides is 1. The lowest BCUT2D eigenvalue weighted by molar-refractivity contribution is 0.0702. The van der Waals surface area contributed by atoms with Crippen molar-refractivity contribution in [3.8, 4) is 5.75 Å². The Bertz CT molecular complexity index is 604. The highest BCUT2D eigenvalue weighted by molar-refractivity contribution is 6.32. The van der Waals surface area contributed by atoms with Crippen LogP contribution in [0.15, 0.2) is 18.2 Å². The van der Waals surface area contributed by atoms with Crippen molar-refractivity contribution < 1.29 is 14.6 Å². The van der Waals surface area contributed by atoms with E-state index in [1.807, 2.05) is 6.92 Å². The van der Waals surface area contributed by atoms with Gasteiger partial charge in [-0.3, -0.25) is 9.69 Å². The summed E-state index contributed by atoms with van der Waals surface area (Å²) in [5.41, 5.74) is 0.542. The first-order chi connectivity index (χ1) is 12.1. The van der Waals surface area contributed by atoms with Crippen molar-refractivity contribution in [3.63, 3.8) is 0 Å². The second-order valence-corrected chi connectivity index (χ2v) is 7.34. The molecule has 2 aliphatic rings. The number of piperidine rings is 1. The second-order valence-electron chi connectivity index (χ2n) is 6.94. The SMILES string of the molecule is CCCOc1ccc(C(=O)N2C[C@H](O)[C@@H](N3CCCCC3)C2)cc1Cl. The van der Waals surface area contributed by atoms with Gasteiger partial charge in [-0.2, -0.15) is 0 Å². The summed E-state index contributed by atoms with van der Waals surface area (Å²) in [5.74, 6) is 0.523. The lowest BCUT2D eigenvalue weighted by atomic mass is 10.1. The molecule has 138 valence electrons. The Hall–Kier alpha value is -1.30. The topological polar surface area (TPSA) is 53.0 Å². The van der Waals surface area contributed by atoms with Crippen molar-refractivity contribution >= 4 is 17.5 Å². The number of hydrogen-bond donors (Lipinski definition) is 1. The zero-order chi connectivity index (χ0) is 17.8. The Morgan fingerprint density at radius 2 is 2.04 bits per heavy atom. The van der Waals surface area contributed by atoms with Crippen LogP contribution in [-0.4, -0.2) is 65.7 Å². The van der Waals surface area contributed by atoms with E-state index in [2.05, 4.69) is 4.90 Å². The minimum atomic E-state index is -0.482. The van der Waals surface area contributed by atoms with Gasteiger partial charge in [-0.15, -0.1) is 0 Å². The normalized spacial score (nSPS) is 24.5. The minimum absolute atomic E-state index is 0.0480. The van der Waals surface area contributed by atoms with Crippen molar-refractivity contribution in [2.24, 2.45) is 0 Å². The Labute approximate surface area is 154 Å². The molecule has 2 heterocycles. The molecular formula is C19H27ClN2O3. The van der Waals surface area contributed by atoms with Crippen molar-refractivity contribution in [3.05, 3.63) is 28.8 Å². The minimum Gasteiger partial charge on any atom is -0.492 e. The molecule has 0 bridgehead atoms. The molecule has 1 N–H and O–H groups in total. The fourth-order valence-electron chi connectivity index (χ4n) is 3.69. The van der Waals surface area contributed by atoms with Crippen LogP contribution in [0.2, 0.25) is 5.02 Å². The fourth-order valence-corrected chi connectivity index (χ4v) is 3.92. The molecule has 6 heteroatoms. The molecule has 5 nitrogen and oxygen atoms in total. The third kappa shape index (κ3) is 4.27. The number of β-amino-alcohol motifs (C(OH)–C–C–N with tert-alkyl or cyclic N) is 1. The van der Waals surface area contributed by atoms with Crippen molar-refractivity contribution in [2.45, 2.75) is 44.8 Å². The van der Waals surface area contributed by atoms with Gasteiger partial charge < -0.3 is 14.7 Å². The highest BCUT2D eigenvalue weighted by Gasteiger charge is 2.38. The number of rotatable bonds is 5. The fraction of sp³-hybridized carbons (Fsp3) is 0.632. The number of aliphatic hydroxyl groups excluding tert-OH is 1. The van der Waals surface area contributed by atoms with E-state index in [9.17, 15) is 9.90 Å². The molecule has 1 aromatic rings. The largest absolute Gasteiger partial charge is 0.492 e. The van der Waals surface area contributed by atoms with Gasteiger partial charge in [-0.25, -0.2) is 0 Å². The Kier molecular flexibility index (Phi) is 6.20. The molecule has 3 rings (SSSR count). The number of hydrogen-bond acceptors (Lipinski definition) is 4. The van der Waals surface area contributed by atoms with E-state index in [1.54, 1.807) is 23.1 Å². The molecule has 0 spiro atoms. The van der Waals surface area contributed by atoms with Gasteiger partial charge in [-0.1, -0.05) is 24.9 Å². The van der Waals surface area contributed by atoms with Crippen molar-refractivity contribution in [1.29, 1.82) is 0 Å². The van der Waals surface area contributed by atoms with E-state index >= 15 is 0 Å². The van der Waals surface area contributed by atoms with Crippen LogP contribution in [-0.2, 0) is 0 Å². The zero-order valence-electron chi connectivity index (χ0n) is 14.8. The van der Waals surface area contributed by atoms with E-state index in [4.69, 9.17) is 16.3 Å².